The van der Waals surface area contributed by atoms with Gasteiger partial charge in [-0.2, -0.15) is 0 Å². The number of amides is 1. The van der Waals surface area contributed by atoms with Crippen molar-refractivity contribution in [3.63, 3.8) is 0 Å². The predicted octanol–water partition coefficient (Wildman–Crippen LogP) is 3.11. The number of benzene rings is 2. The Balaban J connectivity index is 0.000000185. The largest absolute Gasteiger partial charge is 0.383 e. The third-order valence-corrected chi connectivity index (χ3v) is 3.85. The summed E-state index contributed by atoms with van der Waals surface area (Å²) in [6.07, 6.45) is 0.633. The lowest BCUT2D eigenvalue weighted by molar-refractivity contribution is -0.128. The van der Waals surface area contributed by atoms with Crippen LogP contribution in [0.3, 0.4) is 0 Å². The standard InChI is InChI=1S/C11H13NO2.C7H7ClFN/c13-10-7-4-8-12(11(10)14)9-5-2-1-3-6-9;8-6-1-5(4-10)2-7(9)3-6/h1-3,5-6,10,13H,4,7-8H2;1-3H,4,10H2. The minimum absolute atomic E-state index is 0.178. The molecule has 1 atom stereocenters. The number of halogens is 2. The Hall–Kier alpha value is -1.95. The maximum Gasteiger partial charge on any atom is 0.255 e. The summed E-state index contributed by atoms with van der Waals surface area (Å²) in [6.45, 7) is 1.03. The molecule has 0 radical (unpaired) electrons. The lowest BCUT2D eigenvalue weighted by Gasteiger charge is -2.29. The molecule has 0 aromatic heterocycles. The predicted molar refractivity (Wildman–Crippen MR) is 93.3 cm³/mol. The Labute approximate surface area is 145 Å². The minimum Gasteiger partial charge on any atom is -0.383 e. The van der Waals surface area contributed by atoms with Gasteiger partial charge in [0.25, 0.3) is 5.91 Å². The maximum atomic E-state index is 12.5. The zero-order chi connectivity index (χ0) is 17.5. The Kier molecular flexibility index (Phi) is 6.73. The van der Waals surface area contributed by atoms with Crippen molar-refractivity contribution in [1.82, 2.24) is 0 Å². The van der Waals surface area contributed by atoms with Gasteiger partial charge in [-0.1, -0.05) is 29.8 Å². The van der Waals surface area contributed by atoms with E-state index >= 15 is 0 Å². The van der Waals surface area contributed by atoms with Gasteiger partial charge in [-0.25, -0.2) is 4.39 Å². The van der Waals surface area contributed by atoms with E-state index in [4.69, 9.17) is 17.3 Å². The van der Waals surface area contributed by atoms with Crippen molar-refractivity contribution in [2.24, 2.45) is 5.73 Å². The first-order valence-electron chi connectivity index (χ1n) is 7.71. The summed E-state index contributed by atoms with van der Waals surface area (Å²) >= 11 is 5.53. The maximum absolute atomic E-state index is 12.5. The van der Waals surface area contributed by atoms with Crippen molar-refractivity contribution in [2.75, 3.05) is 11.4 Å². The summed E-state index contributed by atoms with van der Waals surface area (Å²) in [5.74, 6) is -0.518. The van der Waals surface area contributed by atoms with E-state index in [2.05, 4.69) is 0 Å². The molecule has 1 heterocycles. The van der Waals surface area contributed by atoms with Crippen LogP contribution in [0.15, 0.2) is 48.5 Å². The number of hydrogen-bond acceptors (Lipinski definition) is 3. The molecule has 1 aliphatic rings. The number of para-hydroxylation sites is 1. The number of hydrogen-bond donors (Lipinski definition) is 2. The van der Waals surface area contributed by atoms with Crippen LogP contribution in [0.4, 0.5) is 10.1 Å². The van der Waals surface area contributed by atoms with E-state index < -0.39 is 6.10 Å². The Morgan fingerprint density at radius 1 is 1.25 bits per heavy atom. The molecule has 1 fully saturated rings. The first kappa shape index (κ1) is 18.4. The van der Waals surface area contributed by atoms with Crippen LogP contribution in [0.25, 0.3) is 0 Å². The number of nitrogens with two attached hydrogens (primary N) is 1. The summed E-state index contributed by atoms with van der Waals surface area (Å²) in [5.41, 5.74) is 6.85. The SMILES string of the molecule is NCc1cc(F)cc(Cl)c1.O=C1C(O)CCCN1c1ccccc1. The van der Waals surface area contributed by atoms with Gasteiger partial charge in [0.2, 0.25) is 0 Å². The Morgan fingerprint density at radius 3 is 2.58 bits per heavy atom. The molecule has 0 bridgehead atoms. The van der Waals surface area contributed by atoms with Crippen molar-refractivity contribution in [3.05, 3.63) is 64.9 Å². The van der Waals surface area contributed by atoms with Crippen molar-refractivity contribution < 1.29 is 14.3 Å². The highest BCUT2D eigenvalue weighted by molar-refractivity contribution is 6.30. The quantitative estimate of drug-likeness (QED) is 0.874. The zero-order valence-electron chi connectivity index (χ0n) is 13.2. The third kappa shape index (κ3) is 5.03. The molecule has 3 N–H and O–H groups in total. The molecule has 1 aliphatic heterocycles. The first-order valence-corrected chi connectivity index (χ1v) is 8.08. The number of piperidine rings is 1. The van der Waals surface area contributed by atoms with Gasteiger partial charge in [0.05, 0.1) is 0 Å². The summed E-state index contributed by atoms with van der Waals surface area (Å²) in [6, 6.07) is 13.7. The Morgan fingerprint density at radius 2 is 1.96 bits per heavy atom. The number of aliphatic hydroxyl groups excluding tert-OH is 1. The summed E-state index contributed by atoms with van der Waals surface area (Å²) in [4.78, 5) is 13.2. The second-order valence-electron chi connectivity index (χ2n) is 5.47. The molecule has 128 valence electrons. The van der Waals surface area contributed by atoms with Crippen LogP contribution < -0.4 is 10.6 Å². The van der Waals surface area contributed by atoms with Crippen molar-refractivity contribution in [3.8, 4) is 0 Å². The van der Waals surface area contributed by atoms with Crippen LogP contribution in [0.1, 0.15) is 18.4 Å². The molecule has 0 saturated carbocycles. The van der Waals surface area contributed by atoms with Crippen LogP contribution in [0, 0.1) is 5.82 Å². The second-order valence-corrected chi connectivity index (χ2v) is 5.90. The van der Waals surface area contributed by atoms with Crippen molar-refractivity contribution in [1.29, 1.82) is 0 Å². The highest BCUT2D eigenvalue weighted by atomic mass is 35.5. The number of carbonyl (C=O) groups is 1. The summed E-state index contributed by atoms with van der Waals surface area (Å²) < 4.78 is 12.5. The van der Waals surface area contributed by atoms with Crippen LogP contribution in [-0.2, 0) is 11.3 Å². The zero-order valence-corrected chi connectivity index (χ0v) is 13.9. The molecular formula is C18H20ClFN2O2. The van der Waals surface area contributed by atoms with E-state index in [-0.39, 0.29) is 11.7 Å². The van der Waals surface area contributed by atoms with Crippen LogP contribution in [-0.4, -0.2) is 23.7 Å². The normalized spacial score (nSPS) is 17.2. The lowest BCUT2D eigenvalue weighted by Crippen LogP contribution is -2.44. The fourth-order valence-electron chi connectivity index (χ4n) is 2.45. The molecule has 2 aromatic rings. The van der Waals surface area contributed by atoms with Gasteiger partial charge in [-0.3, -0.25) is 4.79 Å². The number of carbonyl (C=O) groups excluding carboxylic acids is 1. The molecule has 1 amide bonds. The lowest BCUT2D eigenvalue weighted by atomic mass is 10.1. The van der Waals surface area contributed by atoms with Gasteiger partial charge in [0, 0.05) is 23.8 Å². The third-order valence-electron chi connectivity index (χ3n) is 3.64. The Bertz CT molecular complexity index is 662. The molecule has 6 heteroatoms. The minimum atomic E-state index is -0.816. The molecule has 2 aromatic carbocycles. The average molecular weight is 351 g/mol. The molecule has 0 spiro atoms. The highest BCUT2D eigenvalue weighted by Gasteiger charge is 2.27. The van der Waals surface area contributed by atoms with E-state index in [9.17, 15) is 14.3 Å². The smallest absolute Gasteiger partial charge is 0.255 e. The fraction of sp³-hybridized carbons (Fsp3) is 0.278. The van der Waals surface area contributed by atoms with E-state index in [1.165, 1.54) is 12.1 Å². The molecule has 1 unspecified atom stereocenters. The van der Waals surface area contributed by atoms with Crippen LogP contribution in [0.5, 0.6) is 0 Å². The van der Waals surface area contributed by atoms with Gasteiger partial charge in [0.1, 0.15) is 11.9 Å². The summed E-state index contributed by atoms with van der Waals surface area (Å²) in [7, 11) is 0. The molecule has 24 heavy (non-hydrogen) atoms. The van der Waals surface area contributed by atoms with Gasteiger partial charge >= 0.3 is 0 Å². The topological polar surface area (TPSA) is 66.6 Å². The van der Waals surface area contributed by atoms with E-state index in [0.29, 0.717) is 30.1 Å². The fourth-order valence-corrected chi connectivity index (χ4v) is 2.69. The number of anilines is 1. The second kappa shape index (κ2) is 8.78. The molecule has 1 saturated heterocycles. The number of aliphatic hydroxyl groups is 1. The van der Waals surface area contributed by atoms with Gasteiger partial charge in [-0.15, -0.1) is 0 Å². The summed E-state index contributed by atoms with van der Waals surface area (Å²) in [5, 5.41) is 9.81. The molecular weight excluding hydrogens is 331 g/mol. The van der Waals surface area contributed by atoms with Crippen molar-refractivity contribution >= 4 is 23.2 Å². The highest BCUT2D eigenvalue weighted by Crippen LogP contribution is 2.20. The van der Waals surface area contributed by atoms with Gasteiger partial charge in [-0.05, 0) is 48.7 Å². The van der Waals surface area contributed by atoms with Crippen molar-refractivity contribution in [2.45, 2.75) is 25.5 Å². The monoisotopic (exact) mass is 350 g/mol. The molecule has 3 rings (SSSR count). The van der Waals surface area contributed by atoms with E-state index in [1.54, 1.807) is 11.0 Å². The van der Waals surface area contributed by atoms with Crippen LogP contribution in [0.2, 0.25) is 5.02 Å². The van der Waals surface area contributed by atoms with Gasteiger partial charge < -0.3 is 15.7 Å². The van der Waals surface area contributed by atoms with Crippen LogP contribution >= 0.6 is 11.6 Å². The average Bonchev–Trinajstić information content (AvgIpc) is 2.58. The van der Waals surface area contributed by atoms with Gasteiger partial charge in [0.15, 0.2) is 0 Å². The number of nitrogens with zero attached hydrogens (tertiary/aromatic N) is 1. The van der Waals surface area contributed by atoms with E-state index in [1.807, 2.05) is 30.3 Å². The molecule has 4 nitrogen and oxygen atoms in total. The number of rotatable bonds is 2. The van der Waals surface area contributed by atoms with E-state index in [0.717, 1.165) is 12.1 Å². The first-order chi connectivity index (χ1) is 11.5. The molecule has 0 aliphatic carbocycles.